The molecular formula is C19H25N. The highest BCUT2D eigenvalue weighted by Crippen LogP contribution is 2.21. The molecule has 2 aromatic rings. The first kappa shape index (κ1) is 14.8. The van der Waals surface area contributed by atoms with Crippen LogP contribution in [0.2, 0.25) is 0 Å². The van der Waals surface area contributed by atoms with Crippen molar-refractivity contribution < 1.29 is 0 Å². The number of rotatable bonds is 5. The molecule has 20 heavy (non-hydrogen) atoms. The molecule has 2 rings (SSSR count). The fourth-order valence-electron chi connectivity index (χ4n) is 2.42. The van der Waals surface area contributed by atoms with E-state index in [9.17, 15) is 0 Å². The average Bonchev–Trinajstić information content (AvgIpc) is 2.44. The normalized spacial score (nSPS) is 11.6. The fourth-order valence-corrected chi connectivity index (χ4v) is 2.42. The Morgan fingerprint density at radius 1 is 0.900 bits per heavy atom. The van der Waals surface area contributed by atoms with Gasteiger partial charge in [0.2, 0.25) is 0 Å². The van der Waals surface area contributed by atoms with Crippen LogP contribution in [0.3, 0.4) is 0 Å². The predicted molar refractivity (Wildman–Crippen MR) is 87.1 cm³/mol. The lowest BCUT2D eigenvalue weighted by atomic mass is 9.84. The summed E-state index contributed by atoms with van der Waals surface area (Å²) >= 11 is 0. The molecule has 1 N–H and O–H groups in total. The molecule has 0 unspecified atom stereocenters. The van der Waals surface area contributed by atoms with Gasteiger partial charge in [-0.25, -0.2) is 0 Å². The van der Waals surface area contributed by atoms with Gasteiger partial charge in [-0.05, 0) is 36.1 Å². The second kappa shape index (κ2) is 6.23. The van der Waals surface area contributed by atoms with E-state index in [1.807, 2.05) is 0 Å². The topological polar surface area (TPSA) is 12.0 Å². The largest absolute Gasteiger partial charge is 0.312 e. The van der Waals surface area contributed by atoms with E-state index in [-0.39, 0.29) is 5.41 Å². The second-order valence-corrected chi connectivity index (χ2v) is 6.27. The Morgan fingerprint density at radius 3 is 2.25 bits per heavy atom. The second-order valence-electron chi connectivity index (χ2n) is 6.27. The molecule has 2 aromatic carbocycles. The van der Waals surface area contributed by atoms with Crippen LogP contribution in [0.25, 0.3) is 0 Å². The Hall–Kier alpha value is -1.60. The molecule has 0 bridgehead atoms. The van der Waals surface area contributed by atoms with Gasteiger partial charge in [0.25, 0.3) is 0 Å². The lowest BCUT2D eigenvalue weighted by molar-refractivity contribution is 0.469. The number of benzene rings is 2. The number of hydrogen-bond donors (Lipinski definition) is 1. The summed E-state index contributed by atoms with van der Waals surface area (Å²) in [5, 5.41) is 3.59. The summed E-state index contributed by atoms with van der Waals surface area (Å²) in [7, 11) is 0. The average molecular weight is 267 g/mol. The Bertz CT molecular complexity index is 555. The maximum absolute atomic E-state index is 3.59. The van der Waals surface area contributed by atoms with Gasteiger partial charge in [-0.3, -0.25) is 0 Å². The van der Waals surface area contributed by atoms with Gasteiger partial charge in [-0.1, -0.05) is 62.4 Å². The van der Waals surface area contributed by atoms with Crippen molar-refractivity contribution in [2.45, 2.75) is 39.7 Å². The van der Waals surface area contributed by atoms with Crippen molar-refractivity contribution >= 4 is 0 Å². The molecule has 0 amide bonds. The third-order valence-corrected chi connectivity index (χ3v) is 4.02. The summed E-state index contributed by atoms with van der Waals surface area (Å²) in [5.74, 6) is 0. The minimum atomic E-state index is 0.154. The van der Waals surface area contributed by atoms with Crippen LogP contribution in [0.5, 0.6) is 0 Å². The Kier molecular flexibility index (Phi) is 4.61. The number of aryl methyl sites for hydroxylation is 2. The van der Waals surface area contributed by atoms with Gasteiger partial charge in [0.15, 0.2) is 0 Å². The summed E-state index contributed by atoms with van der Waals surface area (Å²) in [5.41, 5.74) is 5.62. The highest BCUT2D eigenvalue weighted by atomic mass is 14.9. The maximum atomic E-state index is 3.59. The van der Waals surface area contributed by atoms with E-state index in [1.54, 1.807) is 0 Å². The maximum Gasteiger partial charge on any atom is 0.0205 e. The molecule has 0 fully saturated rings. The molecule has 0 aromatic heterocycles. The molecule has 0 aliphatic rings. The smallest absolute Gasteiger partial charge is 0.0205 e. The minimum absolute atomic E-state index is 0.154. The first-order valence-corrected chi connectivity index (χ1v) is 7.31. The lowest BCUT2D eigenvalue weighted by Crippen LogP contribution is -2.32. The Balaban J connectivity index is 1.93. The minimum Gasteiger partial charge on any atom is -0.312 e. The molecular weight excluding hydrogens is 242 g/mol. The van der Waals surface area contributed by atoms with E-state index in [2.05, 4.69) is 81.5 Å². The molecule has 0 aliphatic heterocycles. The van der Waals surface area contributed by atoms with E-state index < -0.39 is 0 Å². The third-order valence-electron chi connectivity index (χ3n) is 4.02. The van der Waals surface area contributed by atoms with Crippen LogP contribution in [0.4, 0.5) is 0 Å². The van der Waals surface area contributed by atoms with Crippen molar-refractivity contribution in [3.8, 4) is 0 Å². The molecule has 0 aliphatic carbocycles. The van der Waals surface area contributed by atoms with E-state index in [1.165, 1.54) is 22.3 Å². The van der Waals surface area contributed by atoms with Gasteiger partial charge in [0, 0.05) is 18.5 Å². The lowest BCUT2D eigenvalue weighted by Gasteiger charge is -2.26. The molecule has 0 saturated carbocycles. The van der Waals surface area contributed by atoms with E-state index in [0.29, 0.717) is 0 Å². The van der Waals surface area contributed by atoms with E-state index in [4.69, 9.17) is 0 Å². The molecule has 1 nitrogen and oxygen atoms in total. The zero-order chi connectivity index (χ0) is 14.6. The van der Waals surface area contributed by atoms with Gasteiger partial charge < -0.3 is 5.32 Å². The Labute approximate surface area is 123 Å². The SMILES string of the molecule is Cc1ccc(CNCC(C)(C)c2ccccc2)cc1C. The zero-order valence-electron chi connectivity index (χ0n) is 13.0. The van der Waals surface area contributed by atoms with Crippen LogP contribution in [-0.4, -0.2) is 6.54 Å². The van der Waals surface area contributed by atoms with Gasteiger partial charge in [-0.2, -0.15) is 0 Å². The fraction of sp³-hybridized carbons (Fsp3) is 0.368. The molecule has 1 heteroatoms. The van der Waals surface area contributed by atoms with Crippen LogP contribution in [0.1, 0.15) is 36.1 Å². The van der Waals surface area contributed by atoms with Gasteiger partial charge >= 0.3 is 0 Å². The molecule has 0 saturated heterocycles. The molecule has 0 atom stereocenters. The van der Waals surface area contributed by atoms with Crippen molar-refractivity contribution in [3.05, 3.63) is 70.8 Å². The highest BCUT2D eigenvalue weighted by molar-refractivity contribution is 5.30. The summed E-state index contributed by atoms with van der Waals surface area (Å²) < 4.78 is 0. The summed E-state index contributed by atoms with van der Waals surface area (Å²) in [4.78, 5) is 0. The molecule has 0 spiro atoms. The third kappa shape index (κ3) is 3.71. The predicted octanol–water partition coefficient (Wildman–Crippen LogP) is 4.37. The number of nitrogens with one attached hydrogen (secondary N) is 1. The van der Waals surface area contributed by atoms with Crippen molar-refractivity contribution in [1.29, 1.82) is 0 Å². The summed E-state index contributed by atoms with van der Waals surface area (Å²) in [6.07, 6.45) is 0. The van der Waals surface area contributed by atoms with Gasteiger partial charge in [0.05, 0.1) is 0 Å². The molecule has 0 heterocycles. The molecule has 106 valence electrons. The van der Waals surface area contributed by atoms with Crippen LogP contribution in [0.15, 0.2) is 48.5 Å². The van der Waals surface area contributed by atoms with Gasteiger partial charge in [-0.15, -0.1) is 0 Å². The monoisotopic (exact) mass is 267 g/mol. The summed E-state index contributed by atoms with van der Waals surface area (Å²) in [6, 6.07) is 17.4. The van der Waals surface area contributed by atoms with Crippen molar-refractivity contribution in [2.75, 3.05) is 6.54 Å². The van der Waals surface area contributed by atoms with Gasteiger partial charge in [0.1, 0.15) is 0 Å². The first-order chi connectivity index (χ1) is 9.49. The molecule has 0 radical (unpaired) electrons. The highest BCUT2D eigenvalue weighted by Gasteiger charge is 2.19. The number of hydrogen-bond acceptors (Lipinski definition) is 1. The standard InChI is InChI=1S/C19H25N/c1-15-10-11-17(12-16(15)2)13-20-14-19(3,4)18-8-6-5-7-9-18/h5-12,20H,13-14H2,1-4H3. The quantitative estimate of drug-likeness (QED) is 0.848. The van der Waals surface area contributed by atoms with Crippen LogP contribution < -0.4 is 5.32 Å². The van der Waals surface area contributed by atoms with E-state index >= 15 is 0 Å². The van der Waals surface area contributed by atoms with Crippen LogP contribution in [0, 0.1) is 13.8 Å². The Morgan fingerprint density at radius 2 is 1.60 bits per heavy atom. The van der Waals surface area contributed by atoms with Crippen LogP contribution in [-0.2, 0) is 12.0 Å². The van der Waals surface area contributed by atoms with Crippen molar-refractivity contribution in [2.24, 2.45) is 0 Å². The summed E-state index contributed by atoms with van der Waals surface area (Å²) in [6.45, 7) is 10.8. The van der Waals surface area contributed by atoms with Crippen molar-refractivity contribution in [1.82, 2.24) is 5.32 Å². The first-order valence-electron chi connectivity index (χ1n) is 7.31. The zero-order valence-corrected chi connectivity index (χ0v) is 13.0. The van der Waals surface area contributed by atoms with Crippen LogP contribution >= 0.6 is 0 Å². The van der Waals surface area contributed by atoms with E-state index in [0.717, 1.165) is 13.1 Å². The van der Waals surface area contributed by atoms with Crippen molar-refractivity contribution in [3.63, 3.8) is 0 Å².